The molecule has 0 saturated heterocycles. The van der Waals surface area contributed by atoms with E-state index in [1.165, 1.54) is 6.92 Å². The summed E-state index contributed by atoms with van der Waals surface area (Å²) >= 11 is 14.5. The van der Waals surface area contributed by atoms with Gasteiger partial charge in [0.25, 0.3) is 0 Å². The van der Waals surface area contributed by atoms with Crippen molar-refractivity contribution < 1.29 is 4.79 Å². The zero-order chi connectivity index (χ0) is 18.7. The predicted octanol–water partition coefficient (Wildman–Crippen LogP) is 6.42. The van der Waals surface area contributed by atoms with E-state index < -0.39 is 0 Å². The molecule has 1 amide bonds. The van der Waals surface area contributed by atoms with Crippen molar-refractivity contribution in [3.8, 4) is 11.3 Å². The summed E-state index contributed by atoms with van der Waals surface area (Å²) in [6.45, 7) is 3.53. The molecule has 0 spiro atoms. The fraction of sp³-hybridized carbons (Fsp3) is 0.200. The molecule has 2 aromatic carbocycles. The minimum Gasteiger partial charge on any atom is -0.326 e. The first-order valence-electron chi connectivity index (χ1n) is 8.20. The second kappa shape index (κ2) is 8.21. The SMILES string of the molecule is CC(=O)Nc1cc(Cl)c(C(C)Cc2nc(-c3ccccc3)cs2)c(Cl)c1. The summed E-state index contributed by atoms with van der Waals surface area (Å²) in [5.74, 6) is -0.0506. The molecule has 3 aromatic rings. The lowest BCUT2D eigenvalue weighted by molar-refractivity contribution is -0.114. The average Bonchev–Trinajstić information content (AvgIpc) is 3.02. The molecule has 1 unspecified atom stereocenters. The topological polar surface area (TPSA) is 42.0 Å². The molecule has 0 aliphatic heterocycles. The number of anilines is 1. The van der Waals surface area contributed by atoms with E-state index in [-0.39, 0.29) is 11.8 Å². The Bertz CT molecular complexity index is 902. The molecule has 0 aliphatic carbocycles. The summed E-state index contributed by atoms with van der Waals surface area (Å²) in [5, 5.41) is 6.91. The minimum atomic E-state index is -0.158. The van der Waals surface area contributed by atoms with E-state index >= 15 is 0 Å². The number of hydrogen-bond donors (Lipinski definition) is 1. The Morgan fingerprint density at radius 2 is 1.85 bits per heavy atom. The van der Waals surface area contributed by atoms with Gasteiger partial charge in [-0.05, 0) is 23.6 Å². The van der Waals surface area contributed by atoms with Gasteiger partial charge in [0.1, 0.15) is 0 Å². The Balaban J connectivity index is 1.79. The largest absolute Gasteiger partial charge is 0.326 e. The normalized spacial score (nSPS) is 12.0. The first-order valence-corrected chi connectivity index (χ1v) is 9.84. The van der Waals surface area contributed by atoms with E-state index in [0.29, 0.717) is 15.7 Å². The zero-order valence-electron chi connectivity index (χ0n) is 14.4. The van der Waals surface area contributed by atoms with Crippen LogP contribution in [-0.2, 0) is 11.2 Å². The smallest absolute Gasteiger partial charge is 0.221 e. The van der Waals surface area contributed by atoms with Gasteiger partial charge in [-0.15, -0.1) is 11.3 Å². The van der Waals surface area contributed by atoms with Crippen molar-refractivity contribution in [2.75, 3.05) is 5.32 Å². The molecular formula is C20H18Cl2N2OS. The number of halogens is 2. The Morgan fingerprint density at radius 3 is 2.46 bits per heavy atom. The number of rotatable bonds is 5. The summed E-state index contributed by atoms with van der Waals surface area (Å²) < 4.78 is 0. The second-order valence-electron chi connectivity index (χ2n) is 6.13. The lowest BCUT2D eigenvalue weighted by atomic mass is 9.97. The van der Waals surface area contributed by atoms with Crippen LogP contribution in [0.5, 0.6) is 0 Å². The van der Waals surface area contributed by atoms with E-state index in [1.54, 1.807) is 23.5 Å². The van der Waals surface area contributed by atoms with Crippen LogP contribution < -0.4 is 5.32 Å². The number of carbonyl (C=O) groups is 1. The molecule has 1 aromatic heterocycles. The van der Waals surface area contributed by atoms with Crippen LogP contribution in [0.3, 0.4) is 0 Å². The van der Waals surface area contributed by atoms with E-state index in [9.17, 15) is 4.79 Å². The third-order valence-corrected chi connectivity index (χ3v) is 5.49. The highest BCUT2D eigenvalue weighted by Crippen LogP contribution is 2.37. The Labute approximate surface area is 167 Å². The highest BCUT2D eigenvalue weighted by atomic mass is 35.5. The molecular weight excluding hydrogens is 387 g/mol. The highest BCUT2D eigenvalue weighted by Gasteiger charge is 2.18. The zero-order valence-corrected chi connectivity index (χ0v) is 16.8. The van der Waals surface area contributed by atoms with Crippen molar-refractivity contribution in [2.24, 2.45) is 0 Å². The lowest BCUT2D eigenvalue weighted by Crippen LogP contribution is -2.07. The molecule has 134 valence electrons. The maximum atomic E-state index is 11.2. The van der Waals surface area contributed by atoms with E-state index in [1.807, 2.05) is 18.2 Å². The fourth-order valence-corrected chi connectivity index (χ4v) is 4.63. The van der Waals surface area contributed by atoms with Gasteiger partial charge in [-0.2, -0.15) is 0 Å². The third-order valence-electron chi connectivity index (χ3n) is 3.99. The van der Waals surface area contributed by atoms with E-state index in [0.717, 1.165) is 28.2 Å². The van der Waals surface area contributed by atoms with Crippen molar-refractivity contribution in [1.29, 1.82) is 0 Å². The molecule has 0 bridgehead atoms. The molecule has 3 rings (SSSR count). The Kier molecular flexibility index (Phi) is 5.97. The summed E-state index contributed by atoms with van der Waals surface area (Å²) in [5.41, 5.74) is 3.57. The molecule has 6 heteroatoms. The van der Waals surface area contributed by atoms with Crippen molar-refractivity contribution >= 4 is 46.1 Å². The molecule has 0 radical (unpaired) electrons. The van der Waals surface area contributed by atoms with Crippen LogP contribution in [0.25, 0.3) is 11.3 Å². The number of carbonyl (C=O) groups excluding carboxylic acids is 1. The summed E-state index contributed by atoms with van der Waals surface area (Å²) in [4.78, 5) is 15.9. The van der Waals surface area contributed by atoms with Crippen LogP contribution in [0.2, 0.25) is 10.0 Å². The molecule has 26 heavy (non-hydrogen) atoms. The van der Waals surface area contributed by atoms with Gasteiger partial charge >= 0.3 is 0 Å². The van der Waals surface area contributed by atoms with Crippen LogP contribution >= 0.6 is 34.5 Å². The van der Waals surface area contributed by atoms with Crippen molar-refractivity contribution in [3.63, 3.8) is 0 Å². The standard InChI is InChI=1S/C20H18Cl2N2OS/c1-12(20-16(21)9-15(10-17(20)22)23-13(2)25)8-19-24-18(11-26-19)14-6-4-3-5-7-14/h3-7,9-12H,8H2,1-2H3,(H,23,25). The Morgan fingerprint density at radius 1 is 1.19 bits per heavy atom. The number of benzene rings is 2. The molecule has 0 saturated carbocycles. The molecule has 3 nitrogen and oxygen atoms in total. The van der Waals surface area contributed by atoms with E-state index in [2.05, 4.69) is 29.8 Å². The highest BCUT2D eigenvalue weighted by molar-refractivity contribution is 7.09. The third kappa shape index (κ3) is 4.44. The van der Waals surface area contributed by atoms with Gasteiger partial charge in [0, 0.05) is 40.0 Å². The number of aromatic nitrogens is 1. The number of nitrogens with one attached hydrogen (secondary N) is 1. The van der Waals surface area contributed by atoms with E-state index in [4.69, 9.17) is 28.2 Å². The van der Waals surface area contributed by atoms with Gasteiger partial charge in [0.05, 0.1) is 10.7 Å². The first-order chi connectivity index (χ1) is 12.4. The maximum Gasteiger partial charge on any atom is 0.221 e. The average molecular weight is 405 g/mol. The van der Waals surface area contributed by atoms with Gasteiger partial charge < -0.3 is 5.32 Å². The minimum absolute atomic E-state index is 0.108. The van der Waals surface area contributed by atoms with Crippen molar-refractivity contribution in [2.45, 2.75) is 26.2 Å². The quantitative estimate of drug-likeness (QED) is 0.532. The van der Waals surface area contributed by atoms with Crippen molar-refractivity contribution in [3.05, 3.63) is 68.5 Å². The van der Waals surface area contributed by atoms with Gasteiger partial charge in [0.2, 0.25) is 5.91 Å². The number of thiazole rings is 1. The van der Waals surface area contributed by atoms with Crippen LogP contribution in [0.15, 0.2) is 47.8 Å². The summed E-state index contributed by atoms with van der Waals surface area (Å²) in [6.07, 6.45) is 0.746. The van der Waals surface area contributed by atoms with Crippen LogP contribution in [0.4, 0.5) is 5.69 Å². The Hall–Kier alpha value is -1.88. The van der Waals surface area contributed by atoms with Gasteiger partial charge in [-0.3, -0.25) is 4.79 Å². The lowest BCUT2D eigenvalue weighted by Gasteiger charge is -2.16. The van der Waals surface area contributed by atoms with Gasteiger partial charge in [0.15, 0.2) is 0 Å². The molecule has 1 N–H and O–H groups in total. The van der Waals surface area contributed by atoms with Gasteiger partial charge in [-0.1, -0.05) is 60.5 Å². The fourth-order valence-electron chi connectivity index (χ4n) is 2.84. The first kappa shape index (κ1) is 18.9. The number of nitrogens with zero attached hydrogens (tertiary/aromatic N) is 1. The maximum absolute atomic E-state index is 11.2. The second-order valence-corrected chi connectivity index (χ2v) is 7.89. The predicted molar refractivity (Wildman–Crippen MR) is 110 cm³/mol. The molecule has 0 fully saturated rings. The number of hydrogen-bond acceptors (Lipinski definition) is 3. The van der Waals surface area contributed by atoms with Crippen LogP contribution in [-0.4, -0.2) is 10.9 Å². The summed E-state index contributed by atoms with van der Waals surface area (Å²) in [6, 6.07) is 13.6. The van der Waals surface area contributed by atoms with Crippen LogP contribution in [0, 0.1) is 0 Å². The monoisotopic (exact) mass is 404 g/mol. The van der Waals surface area contributed by atoms with Crippen LogP contribution in [0.1, 0.15) is 30.3 Å². The van der Waals surface area contributed by atoms with Crippen molar-refractivity contribution in [1.82, 2.24) is 4.98 Å². The summed E-state index contributed by atoms with van der Waals surface area (Å²) in [7, 11) is 0. The molecule has 0 aliphatic rings. The van der Waals surface area contributed by atoms with Gasteiger partial charge in [-0.25, -0.2) is 4.98 Å². The molecule has 1 heterocycles. The number of amides is 1. The molecule has 1 atom stereocenters.